The normalized spacial score (nSPS) is 12.7. The molecule has 11 heteroatoms. The number of pyridine rings is 1. The first kappa shape index (κ1) is 30.1. The minimum Gasteiger partial charge on any atom is -0.467 e. The Labute approximate surface area is 229 Å². The van der Waals surface area contributed by atoms with Crippen molar-refractivity contribution in [3.63, 3.8) is 0 Å². The van der Waals surface area contributed by atoms with Gasteiger partial charge in [-0.05, 0) is 56.6 Å². The Hall–Kier alpha value is -3.44. The van der Waals surface area contributed by atoms with Crippen LogP contribution >= 0.6 is 0 Å². The van der Waals surface area contributed by atoms with Crippen LogP contribution in [-0.2, 0) is 32.2 Å². The van der Waals surface area contributed by atoms with Crippen LogP contribution in [0, 0.1) is 5.82 Å². The maximum Gasteiger partial charge on any atom is 0.408 e. The zero-order chi connectivity index (χ0) is 28.8. The maximum atomic E-state index is 15.1. The quantitative estimate of drug-likeness (QED) is 0.178. The van der Waals surface area contributed by atoms with Crippen molar-refractivity contribution in [2.75, 3.05) is 13.7 Å². The molecule has 39 heavy (non-hydrogen) atoms. The largest absolute Gasteiger partial charge is 0.467 e. The van der Waals surface area contributed by atoms with Gasteiger partial charge >= 0.3 is 12.1 Å². The highest BCUT2D eigenvalue weighted by Crippen LogP contribution is 2.31. The molecular weight excluding hydrogens is 521 g/mol. The third kappa shape index (κ3) is 9.07. The Morgan fingerprint density at radius 3 is 2.51 bits per heavy atom. The topological polar surface area (TPSA) is 101 Å². The van der Waals surface area contributed by atoms with Gasteiger partial charge in [0.1, 0.15) is 29.8 Å². The summed E-state index contributed by atoms with van der Waals surface area (Å²) in [4.78, 5) is 28.9. The second kappa shape index (κ2) is 12.6. The number of alkyl carbamates (subject to hydrolysis) is 1. The average molecular weight is 560 g/mol. The number of esters is 1. The highest BCUT2D eigenvalue weighted by atomic mass is 28.3. The van der Waals surface area contributed by atoms with Gasteiger partial charge in [-0.3, -0.25) is 0 Å². The van der Waals surface area contributed by atoms with Crippen molar-refractivity contribution < 1.29 is 32.9 Å². The number of nitrogens with zero attached hydrogens (tertiary/aromatic N) is 2. The van der Waals surface area contributed by atoms with Gasteiger partial charge in [0.15, 0.2) is 11.6 Å². The van der Waals surface area contributed by atoms with Gasteiger partial charge in [0.2, 0.25) is 0 Å². The molecule has 0 aliphatic heterocycles. The van der Waals surface area contributed by atoms with Gasteiger partial charge in [-0.2, -0.15) is 0 Å². The standard InChI is InChI=1S/C28H38FN3O6Si/c1-28(2,3)38-27(34)31-22(26(33)35-4)17-19-8-9-24(21(29)16-19)37-23-10-12-30-25-20(23)11-13-32(25)18-36-14-15-39(5,6)7/h8-13,16,22H,14-15,17-18H2,1-7H3,(H,31,34)/t22-/m0/s1. The first-order chi connectivity index (χ1) is 18.3. The molecule has 212 valence electrons. The van der Waals surface area contributed by atoms with E-state index < -0.39 is 37.6 Å². The van der Waals surface area contributed by atoms with Crippen LogP contribution in [0.25, 0.3) is 11.0 Å². The average Bonchev–Trinajstić information content (AvgIpc) is 3.25. The van der Waals surface area contributed by atoms with E-state index in [9.17, 15) is 9.59 Å². The van der Waals surface area contributed by atoms with E-state index in [-0.39, 0.29) is 12.2 Å². The minimum atomic E-state index is -1.18. The molecule has 1 N–H and O–H groups in total. The van der Waals surface area contributed by atoms with Crippen LogP contribution in [-0.4, -0.2) is 55.0 Å². The van der Waals surface area contributed by atoms with E-state index in [4.69, 9.17) is 18.9 Å². The van der Waals surface area contributed by atoms with E-state index in [1.807, 2.05) is 16.8 Å². The number of halogens is 1. The molecule has 3 rings (SSSR count). The van der Waals surface area contributed by atoms with Gasteiger partial charge in [-0.1, -0.05) is 25.7 Å². The monoisotopic (exact) mass is 559 g/mol. The summed E-state index contributed by atoms with van der Waals surface area (Å²) < 4.78 is 38.7. The lowest BCUT2D eigenvalue weighted by atomic mass is 10.1. The number of hydrogen-bond acceptors (Lipinski definition) is 7. The molecule has 0 fully saturated rings. The Balaban J connectivity index is 1.71. The van der Waals surface area contributed by atoms with Gasteiger partial charge < -0.3 is 28.8 Å². The van der Waals surface area contributed by atoms with E-state index >= 15 is 4.39 Å². The smallest absolute Gasteiger partial charge is 0.408 e. The van der Waals surface area contributed by atoms with Gasteiger partial charge in [-0.15, -0.1) is 0 Å². The summed E-state index contributed by atoms with van der Waals surface area (Å²) in [7, 11) is 0.0340. The third-order valence-electron chi connectivity index (χ3n) is 5.68. The van der Waals surface area contributed by atoms with Crippen molar-refractivity contribution in [2.24, 2.45) is 0 Å². The van der Waals surface area contributed by atoms with E-state index in [2.05, 4.69) is 29.9 Å². The van der Waals surface area contributed by atoms with Crippen LogP contribution in [0.4, 0.5) is 9.18 Å². The Kier molecular flexibility index (Phi) is 9.73. The van der Waals surface area contributed by atoms with Crippen LogP contribution in [0.5, 0.6) is 11.5 Å². The van der Waals surface area contributed by atoms with Gasteiger partial charge in [0, 0.05) is 33.5 Å². The second-order valence-corrected chi connectivity index (χ2v) is 17.1. The summed E-state index contributed by atoms with van der Waals surface area (Å²) >= 11 is 0. The number of ether oxygens (including phenoxy) is 4. The second-order valence-electron chi connectivity index (χ2n) is 11.5. The molecule has 0 saturated heterocycles. The number of nitrogens with one attached hydrogen (secondary N) is 1. The number of hydrogen-bond donors (Lipinski definition) is 1. The molecule has 2 aromatic heterocycles. The number of carbonyl (C=O) groups excluding carboxylic acids is 2. The van der Waals surface area contributed by atoms with Crippen LogP contribution in [0.2, 0.25) is 25.7 Å². The minimum absolute atomic E-state index is 0.00315. The summed E-state index contributed by atoms with van der Waals surface area (Å²) in [5.41, 5.74) is 0.398. The molecule has 0 spiro atoms. The lowest BCUT2D eigenvalue weighted by Crippen LogP contribution is -2.45. The molecule has 0 radical (unpaired) electrons. The summed E-state index contributed by atoms with van der Waals surface area (Å²) in [6, 6.07) is 7.91. The fourth-order valence-corrected chi connectivity index (χ4v) is 4.45. The highest BCUT2D eigenvalue weighted by molar-refractivity contribution is 6.76. The Morgan fingerprint density at radius 2 is 1.87 bits per heavy atom. The fourth-order valence-electron chi connectivity index (χ4n) is 3.69. The number of methoxy groups -OCH3 is 1. The zero-order valence-electron chi connectivity index (χ0n) is 23.7. The van der Waals surface area contributed by atoms with Crippen molar-refractivity contribution in [1.29, 1.82) is 0 Å². The summed E-state index contributed by atoms with van der Waals surface area (Å²) in [6.45, 7) is 13.1. The van der Waals surface area contributed by atoms with E-state index in [0.29, 0.717) is 30.3 Å². The molecule has 3 aromatic rings. The molecule has 1 aromatic carbocycles. The van der Waals surface area contributed by atoms with Crippen LogP contribution < -0.4 is 10.1 Å². The summed E-state index contributed by atoms with van der Waals surface area (Å²) in [5.74, 6) is -0.825. The van der Waals surface area contributed by atoms with E-state index in [1.165, 1.54) is 19.2 Å². The molecule has 0 bridgehead atoms. The fraction of sp³-hybridized carbons (Fsp3) is 0.464. The summed E-state index contributed by atoms with van der Waals surface area (Å²) in [6.07, 6.45) is 2.70. The van der Waals surface area contributed by atoms with Crippen molar-refractivity contribution in [3.05, 3.63) is 54.1 Å². The number of amides is 1. The molecule has 2 heterocycles. The van der Waals surface area contributed by atoms with Gasteiger partial charge in [0.25, 0.3) is 0 Å². The molecule has 1 amide bonds. The van der Waals surface area contributed by atoms with Gasteiger partial charge in [-0.25, -0.2) is 19.0 Å². The Bertz CT molecular complexity index is 1300. The molecule has 0 unspecified atom stereocenters. The van der Waals surface area contributed by atoms with Crippen LogP contribution in [0.1, 0.15) is 26.3 Å². The van der Waals surface area contributed by atoms with Gasteiger partial charge in [0.05, 0.1) is 12.5 Å². The predicted octanol–water partition coefficient (Wildman–Crippen LogP) is 5.89. The lowest BCUT2D eigenvalue weighted by Gasteiger charge is -2.22. The molecule has 0 saturated carbocycles. The van der Waals surface area contributed by atoms with Crippen LogP contribution in [0.3, 0.4) is 0 Å². The van der Waals surface area contributed by atoms with E-state index in [0.717, 1.165) is 11.4 Å². The van der Waals surface area contributed by atoms with Crippen molar-refractivity contribution in [2.45, 2.75) is 71.3 Å². The number of rotatable bonds is 11. The first-order valence-electron chi connectivity index (χ1n) is 12.8. The Morgan fingerprint density at radius 1 is 1.13 bits per heavy atom. The highest BCUT2D eigenvalue weighted by Gasteiger charge is 2.26. The number of aromatic nitrogens is 2. The molecular formula is C28H38FN3O6Si. The third-order valence-corrected chi connectivity index (χ3v) is 7.39. The van der Waals surface area contributed by atoms with Crippen molar-refractivity contribution in [1.82, 2.24) is 14.9 Å². The van der Waals surface area contributed by atoms with Crippen molar-refractivity contribution in [3.8, 4) is 11.5 Å². The molecule has 0 aliphatic carbocycles. The molecule has 1 atom stereocenters. The maximum absolute atomic E-state index is 15.1. The predicted molar refractivity (Wildman–Crippen MR) is 149 cm³/mol. The first-order valence-corrected chi connectivity index (χ1v) is 16.5. The van der Waals surface area contributed by atoms with Crippen LogP contribution in [0.15, 0.2) is 42.7 Å². The zero-order valence-corrected chi connectivity index (χ0v) is 24.7. The van der Waals surface area contributed by atoms with Crippen molar-refractivity contribution >= 4 is 31.2 Å². The number of benzene rings is 1. The number of carbonyl (C=O) groups is 2. The lowest BCUT2D eigenvalue weighted by molar-refractivity contribution is -0.143. The van der Waals surface area contributed by atoms with E-state index in [1.54, 1.807) is 39.1 Å². The number of fused-ring (bicyclic) bond motifs is 1. The summed E-state index contributed by atoms with van der Waals surface area (Å²) in [5, 5.41) is 3.21. The SMILES string of the molecule is COC(=O)[C@H](Cc1ccc(Oc2ccnc3c2ccn3COCC[Si](C)(C)C)c(F)c1)NC(=O)OC(C)(C)C. The molecule has 9 nitrogen and oxygen atoms in total. The molecule has 0 aliphatic rings.